The molecule has 0 aliphatic heterocycles. The van der Waals surface area contributed by atoms with Crippen LogP contribution < -0.4 is 5.43 Å². The van der Waals surface area contributed by atoms with Crippen LogP contribution in [-0.4, -0.2) is 31.1 Å². The molecule has 1 amide bonds. The molecule has 3 heterocycles. The Morgan fingerprint density at radius 2 is 1.73 bits per heavy atom. The first-order valence-electron chi connectivity index (χ1n) is 10.4. The standard InChI is InChI=1S/C26H20N6O/c1-18(19-6-8-21(9-7-19)32-15-14-28-17-32)30-31-26(33)23-16-25(20-10-12-27-13-11-20)29-24-5-3-2-4-22(23)24/h2-17H,1H3,(H,31,33)/b30-18+. The molecular weight excluding hydrogens is 412 g/mol. The minimum absolute atomic E-state index is 0.293. The molecule has 0 aliphatic carbocycles. The Kier molecular flexibility index (Phi) is 5.43. The molecule has 7 nitrogen and oxygen atoms in total. The largest absolute Gasteiger partial charge is 0.306 e. The lowest BCUT2D eigenvalue weighted by atomic mass is 10.0. The maximum atomic E-state index is 13.1. The van der Waals surface area contributed by atoms with E-state index in [0.29, 0.717) is 17.0 Å². The molecule has 5 rings (SSSR count). The first kappa shape index (κ1) is 20.3. The second kappa shape index (κ2) is 8.84. The molecule has 0 saturated heterocycles. The van der Waals surface area contributed by atoms with Gasteiger partial charge in [0.1, 0.15) is 0 Å². The van der Waals surface area contributed by atoms with E-state index < -0.39 is 0 Å². The third-order valence-electron chi connectivity index (χ3n) is 5.35. The molecule has 0 bridgehead atoms. The van der Waals surface area contributed by atoms with Gasteiger partial charge in [0.2, 0.25) is 0 Å². The van der Waals surface area contributed by atoms with E-state index in [4.69, 9.17) is 4.98 Å². The number of imidazole rings is 1. The van der Waals surface area contributed by atoms with Gasteiger partial charge in [-0.1, -0.05) is 30.3 Å². The van der Waals surface area contributed by atoms with E-state index in [-0.39, 0.29) is 5.91 Å². The Hall–Kier alpha value is -4.65. The van der Waals surface area contributed by atoms with Gasteiger partial charge in [-0.2, -0.15) is 5.10 Å². The van der Waals surface area contributed by atoms with Gasteiger partial charge < -0.3 is 4.57 Å². The number of aromatic nitrogens is 4. The van der Waals surface area contributed by atoms with Crippen molar-refractivity contribution in [3.8, 4) is 16.9 Å². The van der Waals surface area contributed by atoms with Gasteiger partial charge in [-0.05, 0) is 48.9 Å². The topological polar surface area (TPSA) is 85.1 Å². The average molecular weight is 432 g/mol. The highest BCUT2D eigenvalue weighted by Gasteiger charge is 2.14. The number of hydrazone groups is 1. The Labute approximate surface area is 190 Å². The molecule has 0 saturated carbocycles. The van der Waals surface area contributed by atoms with E-state index in [1.54, 1.807) is 31.0 Å². The number of fused-ring (bicyclic) bond motifs is 1. The van der Waals surface area contributed by atoms with Crippen LogP contribution in [-0.2, 0) is 0 Å². The molecule has 160 valence electrons. The quantitative estimate of drug-likeness (QED) is 0.324. The molecule has 0 atom stereocenters. The van der Waals surface area contributed by atoms with Gasteiger partial charge in [-0.15, -0.1) is 0 Å². The van der Waals surface area contributed by atoms with Crippen LogP contribution in [0.3, 0.4) is 0 Å². The van der Waals surface area contributed by atoms with Crippen molar-refractivity contribution in [1.82, 2.24) is 24.9 Å². The maximum Gasteiger partial charge on any atom is 0.272 e. The van der Waals surface area contributed by atoms with Gasteiger partial charge >= 0.3 is 0 Å². The third-order valence-corrected chi connectivity index (χ3v) is 5.35. The molecule has 1 N–H and O–H groups in total. The van der Waals surface area contributed by atoms with Crippen molar-refractivity contribution < 1.29 is 4.79 Å². The fourth-order valence-corrected chi connectivity index (χ4v) is 3.58. The highest BCUT2D eigenvalue weighted by Crippen LogP contribution is 2.24. The van der Waals surface area contributed by atoms with Crippen LogP contribution in [0.15, 0.2) is 103 Å². The first-order chi connectivity index (χ1) is 16.2. The highest BCUT2D eigenvalue weighted by molar-refractivity contribution is 6.08. The predicted molar refractivity (Wildman–Crippen MR) is 128 cm³/mol. The normalized spacial score (nSPS) is 11.5. The van der Waals surface area contributed by atoms with Crippen molar-refractivity contribution in [1.29, 1.82) is 0 Å². The van der Waals surface area contributed by atoms with Crippen LogP contribution in [0.5, 0.6) is 0 Å². The van der Waals surface area contributed by atoms with Gasteiger partial charge in [0.15, 0.2) is 0 Å². The van der Waals surface area contributed by atoms with Crippen LogP contribution in [0.1, 0.15) is 22.8 Å². The first-order valence-corrected chi connectivity index (χ1v) is 10.4. The lowest BCUT2D eigenvalue weighted by Crippen LogP contribution is -2.20. The lowest BCUT2D eigenvalue weighted by molar-refractivity contribution is 0.0956. The summed E-state index contributed by atoms with van der Waals surface area (Å²) >= 11 is 0. The number of nitrogens with zero attached hydrogens (tertiary/aromatic N) is 5. The second-order valence-electron chi connectivity index (χ2n) is 7.46. The Morgan fingerprint density at radius 3 is 2.48 bits per heavy atom. The molecule has 0 fully saturated rings. The van der Waals surface area contributed by atoms with E-state index in [9.17, 15) is 4.79 Å². The number of benzene rings is 2. The number of carbonyl (C=O) groups is 1. The van der Waals surface area contributed by atoms with Crippen molar-refractivity contribution >= 4 is 22.5 Å². The summed E-state index contributed by atoms with van der Waals surface area (Å²) < 4.78 is 1.92. The zero-order valence-electron chi connectivity index (χ0n) is 17.9. The van der Waals surface area contributed by atoms with Crippen LogP contribution in [0.4, 0.5) is 0 Å². The molecule has 0 radical (unpaired) electrons. The lowest BCUT2D eigenvalue weighted by Gasteiger charge is -2.09. The fourth-order valence-electron chi connectivity index (χ4n) is 3.58. The smallest absolute Gasteiger partial charge is 0.272 e. The predicted octanol–water partition coefficient (Wildman–Crippen LogP) is 4.64. The van der Waals surface area contributed by atoms with E-state index in [1.807, 2.05) is 78.4 Å². The van der Waals surface area contributed by atoms with Crippen LogP contribution >= 0.6 is 0 Å². The van der Waals surface area contributed by atoms with Crippen LogP contribution in [0.2, 0.25) is 0 Å². The summed E-state index contributed by atoms with van der Waals surface area (Å²) in [5.74, 6) is -0.293. The summed E-state index contributed by atoms with van der Waals surface area (Å²) in [5, 5.41) is 5.11. The van der Waals surface area contributed by atoms with Gasteiger partial charge in [0.25, 0.3) is 5.91 Å². The summed E-state index contributed by atoms with van der Waals surface area (Å²) in [6.07, 6.45) is 8.78. The number of amides is 1. The maximum absolute atomic E-state index is 13.1. The van der Waals surface area contributed by atoms with Crippen molar-refractivity contribution in [2.75, 3.05) is 0 Å². The molecule has 5 aromatic rings. The van der Waals surface area contributed by atoms with E-state index in [1.165, 1.54) is 0 Å². The molecule has 33 heavy (non-hydrogen) atoms. The fraction of sp³-hybridized carbons (Fsp3) is 0.0385. The molecule has 0 aliphatic rings. The van der Waals surface area contributed by atoms with E-state index >= 15 is 0 Å². The van der Waals surface area contributed by atoms with Gasteiger partial charge in [0.05, 0.1) is 28.8 Å². The molecule has 2 aromatic carbocycles. The minimum atomic E-state index is -0.293. The van der Waals surface area contributed by atoms with Crippen molar-refractivity contribution in [3.63, 3.8) is 0 Å². The Balaban J connectivity index is 1.42. The Bertz CT molecular complexity index is 1440. The van der Waals surface area contributed by atoms with Crippen molar-refractivity contribution in [2.45, 2.75) is 6.92 Å². The van der Waals surface area contributed by atoms with Gasteiger partial charge in [-0.25, -0.2) is 15.4 Å². The third kappa shape index (κ3) is 4.24. The second-order valence-corrected chi connectivity index (χ2v) is 7.46. The number of carbonyl (C=O) groups excluding carboxylic acids is 1. The monoisotopic (exact) mass is 432 g/mol. The number of hydrogen-bond donors (Lipinski definition) is 1. The zero-order chi connectivity index (χ0) is 22.6. The number of para-hydroxylation sites is 1. The average Bonchev–Trinajstić information content (AvgIpc) is 3.42. The number of rotatable bonds is 5. The van der Waals surface area contributed by atoms with Crippen LogP contribution in [0.25, 0.3) is 27.8 Å². The zero-order valence-corrected chi connectivity index (χ0v) is 17.9. The Morgan fingerprint density at radius 1 is 0.939 bits per heavy atom. The number of hydrogen-bond acceptors (Lipinski definition) is 5. The van der Waals surface area contributed by atoms with Gasteiger partial charge in [-0.3, -0.25) is 9.78 Å². The highest BCUT2D eigenvalue weighted by atomic mass is 16.2. The van der Waals surface area contributed by atoms with E-state index in [2.05, 4.69) is 20.5 Å². The number of pyridine rings is 2. The van der Waals surface area contributed by atoms with Crippen molar-refractivity contribution in [2.24, 2.45) is 5.10 Å². The van der Waals surface area contributed by atoms with Gasteiger partial charge in [0, 0.05) is 41.4 Å². The molecular formula is C26H20N6O. The minimum Gasteiger partial charge on any atom is -0.306 e. The molecule has 7 heteroatoms. The molecule has 0 spiro atoms. The summed E-state index contributed by atoms with van der Waals surface area (Å²) in [6.45, 7) is 1.86. The summed E-state index contributed by atoms with van der Waals surface area (Å²) in [5.41, 5.74) is 8.17. The molecule has 0 unspecified atom stereocenters. The SMILES string of the molecule is C/C(=N\NC(=O)c1cc(-c2ccncc2)nc2ccccc12)c1ccc(-n2ccnc2)cc1. The molecule has 3 aromatic heterocycles. The summed E-state index contributed by atoms with van der Waals surface area (Å²) in [4.78, 5) is 26.0. The van der Waals surface area contributed by atoms with Crippen molar-refractivity contribution in [3.05, 3.63) is 109 Å². The van der Waals surface area contributed by atoms with Crippen LogP contribution in [0, 0.1) is 0 Å². The number of nitrogens with one attached hydrogen (secondary N) is 1. The van der Waals surface area contributed by atoms with E-state index in [0.717, 1.165) is 27.7 Å². The summed E-state index contributed by atoms with van der Waals surface area (Å²) in [6, 6.07) is 21.0. The summed E-state index contributed by atoms with van der Waals surface area (Å²) in [7, 11) is 0.